The molecule has 1 fully saturated rings. The lowest BCUT2D eigenvalue weighted by Gasteiger charge is -2.31. The van der Waals surface area contributed by atoms with Gasteiger partial charge in [-0.15, -0.1) is 23.2 Å². The Morgan fingerprint density at radius 3 is 2.03 bits per heavy atom. The third kappa shape index (κ3) is 11.1. The predicted molar refractivity (Wildman–Crippen MR) is 137 cm³/mol. The summed E-state index contributed by atoms with van der Waals surface area (Å²) in [6, 6.07) is 20.3. The third-order valence-electron chi connectivity index (χ3n) is 4.55. The Kier molecular flexibility index (Phi) is 15.7. The molecule has 8 heteroatoms. The number of alkyl halides is 2. The van der Waals surface area contributed by atoms with Gasteiger partial charge in [-0.3, -0.25) is 0 Å². The van der Waals surface area contributed by atoms with Gasteiger partial charge >= 0.3 is 0 Å². The second-order valence-corrected chi connectivity index (χ2v) is 9.36. The molecule has 2 aromatic carbocycles. The maximum atomic E-state index is 9.36. The van der Waals surface area contributed by atoms with Crippen LogP contribution >= 0.6 is 55.1 Å². The van der Waals surface area contributed by atoms with Crippen LogP contribution in [0, 0.1) is 22.7 Å². The van der Waals surface area contributed by atoms with Crippen molar-refractivity contribution in [3.05, 3.63) is 68.6 Å². The monoisotopic (exact) mass is 602 g/mol. The van der Waals surface area contributed by atoms with Gasteiger partial charge in [-0.25, -0.2) is 0 Å². The molecule has 0 saturated carbocycles. The summed E-state index contributed by atoms with van der Waals surface area (Å²) in [5, 5.41) is 17.7. The molecule has 0 amide bonds. The van der Waals surface area contributed by atoms with Crippen molar-refractivity contribution in [2.24, 2.45) is 0 Å². The first-order valence-electron chi connectivity index (χ1n) is 10.1. The van der Waals surface area contributed by atoms with E-state index >= 15 is 0 Å². The smallest absolute Gasteiger partial charge is 0.0866 e. The van der Waals surface area contributed by atoms with Gasteiger partial charge in [-0.2, -0.15) is 10.5 Å². The molecule has 1 heterocycles. The van der Waals surface area contributed by atoms with Crippen LogP contribution in [0.5, 0.6) is 0 Å². The van der Waals surface area contributed by atoms with Gasteiger partial charge in [0, 0.05) is 33.9 Å². The van der Waals surface area contributed by atoms with E-state index in [0.29, 0.717) is 44.6 Å². The van der Waals surface area contributed by atoms with E-state index in [-0.39, 0.29) is 5.41 Å². The minimum absolute atomic E-state index is 0.345. The van der Waals surface area contributed by atoms with Crippen LogP contribution in [0.15, 0.2) is 57.5 Å². The van der Waals surface area contributed by atoms with Crippen molar-refractivity contribution in [2.75, 3.05) is 38.2 Å². The van der Waals surface area contributed by atoms with Crippen LogP contribution in [-0.2, 0) is 21.3 Å². The molecule has 2 aromatic rings. The van der Waals surface area contributed by atoms with Gasteiger partial charge in [0.25, 0.3) is 0 Å². The molecule has 4 nitrogen and oxygen atoms in total. The lowest BCUT2D eigenvalue weighted by molar-refractivity contribution is 0.0675. The Balaban J connectivity index is 0.000000262. The summed E-state index contributed by atoms with van der Waals surface area (Å²) in [5.74, 6) is 1.10. The molecule has 0 bridgehead atoms. The van der Waals surface area contributed by atoms with E-state index in [1.165, 1.54) is 0 Å². The molecule has 1 aliphatic rings. The molecule has 3 rings (SSSR count). The second-order valence-electron chi connectivity index (χ2n) is 6.77. The highest BCUT2D eigenvalue weighted by atomic mass is 79.9. The number of hydrogen-bond donors (Lipinski definition) is 0. The molecule has 1 aliphatic heterocycles. The van der Waals surface area contributed by atoms with E-state index in [4.69, 9.17) is 37.9 Å². The molecule has 0 aromatic heterocycles. The zero-order valence-electron chi connectivity index (χ0n) is 17.7. The average molecular weight is 605 g/mol. The molecule has 0 atom stereocenters. The highest BCUT2D eigenvalue weighted by molar-refractivity contribution is 9.10. The minimum Gasteiger partial charge on any atom is -0.381 e. The first-order valence-corrected chi connectivity index (χ1v) is 12.7. The Bertz CT molecular complexity index is 875. The SMILES string of the molecule is ClCCOCCCl.N#CC1(c2cccc(Br)c2)CCOCC1.N#CCc1cccc(Br)c1. The lowest BCUT2D eigenvalue weighted by atomic mass is 9.75. The quantitative estimate of drug-likeness (QED) is 0.263. The summed E-state index contributed by atoms with van der Waals surface area (Å²) in [7, 11) is 0. The maximum absolute atomic E-state index is 9.36. The molecule has 0 N–H and O–H groups in total. The van der Waals surface area contributed by atoms with Crippen molar-refractivity contribution in [3.63, 3.8) is 0 Å². The van der Waals surface area contributed by atoms with Crippen molar-refractivity contribution >= 4 is 55.1 Å². The van der Waals surface area contributed by atoms with Crippen LogP contribution in [0.3, 0.4) is 0 Å². The van der Waals surface area contributed by atoms with E-state index in [0.717, 1.165) is 32.9 Å². The van der Waals surface area contributed by atoms with Crippen LogP contribution in [0.25, 0.3) is 0 Å². The maximum Gasteiger partial charge on any atom is 0.0866 e. The van der Waals surface area contributed by atoms with E-state index < -0.39 is 0 Å². The second kappa shape index (κ2) is 17.4. The van der Waals surface area contributed by atoms with Crippen molar-refractivity contribution in [2.45, 2.75) is 24.7 Å². The van der Waals surface area contributed by atoms with Crippen molar-refractivity contribution < 1.29 is 9.47 Å². The molecule has 172 valence electrons. The van der Waals surface area contributed by atoms with E-state index in [2.05, 4.69) is 44.0 Å². The van der Waals surface area contributed by atoms with E-state index in [9.17, 15) is 5.26 Å². The Hall–Kier alpha value is -1.12. The molecule has 0 radical (unpaired) electrons. The zero-order chi connectivity index (χ0) is 23.7. The van der Waals surface area contributed by atoms with Crippen LogP contribution < -0.4 is 0 Å². The summed E-state index contributed by atoms with van der Waals surface area (Å²) in [4.78, 5) is 0. The molecule has 0 aliphatic carbocycles. The van der Waals surface area contributed by atoms with Crippen molar-refractivity contribution in [1.82, 2.24) is 0 Å². The topological polar surface area (TPSA) is 66.0 Å². The fraction of sp³-hybridized carbons (Fsp3) is 0.417. The number of nitriles is 2. The summed E-state index contributed by atoms with van der Waals surface area (Å²) in [5.41, 5.74) is 1.81. The summed E-state index contributed by atoms with van der Waals surface area (Å²) in [6.45, 7) is 2.57. The van der Waals surface area contributed by atoms with Crippen LogP contribution in [0.4, 0.5) is 0 Å². The van der Waals surface area contributed by atoms with Gasteiger partial charge in [-0.05, 0) is 48.2 Å². The minimum atomic E-state index is -0.345. The van der Waals surface area contributed by atoms with Gasteiger partial charge in [-0.1, -0.05) is 56.1 Å². The number of ether oxygens (including phenoxy) is 2. The van der Waals surface area contributed by atoms with Crippen LogP contribution in [-0.4, -0.2) is 38.2 Å². The van der Waals surface area contributed by atoms with Gasteiger partial charge in [0.2, 0.25) is 0 Å². The normalized spacial score (nSPS) is 13.9. The first kappa shape index (κ1) is 28.9. The Morgan fingerprint density at radius 1 is 0.938 bits per heavy atom. The molecule has 0 unspecified atom stereocenters. The first-order chi connectivity index (χ1) is 15.5. The number of hydrogen-bond acceptors (Lipinski definition) is 4. The van der Waals surface area contributed by atoms with Gasteiger partial charge in [0.15, 0.2) is 0 Å². The molecular weight excluding hydrogens is 579 g/mol. The number of benzene rings is 2. The van der Waals surface area contributed by atoms with Crippen LogP contribution in [0.1, 0.15) is 24.0 Å². The highest BCUT2D eigenvalue weighted by Gasteiger charge is 2.34. The van der Waals surface area contributed by atoms with Gasteiger partial charge in [0.1, 0.15) is 0 Å². The number of halogens is 4. The average Bonchev–Trinajstić information content (AvgIpc) is 2.81. The Labute approximate surface area is 217 Å². The Morgan fingerprint density at radius 2 is 1.53 bits per heavy atom. The zero-order valence-corrected chi connectivity index (χ0v) is 22.4. The predicted octanol–water partition coefficient (Wildman–Crippen LogP) is 7.02. The van der Waals surface area contributed by atoms with Gasteiger partial charge in [0.05, 0.1) is 37.2 Å². The van der Waals surface area contributed by atoms with Crippen molar-refractivity contribution in [3.8, 4) is 12.1 Å². The van der Waals surface area contributed by atoms with Crippen LogP contribution in [0.2, 0.25) is 0 Å². The lowest BCUT2D eigenvalue weighted by Crippen LogP contribution is -2.32. The molecular formula is C24H26Br2Cl2N2O2. The largest absolute Gasteiger partial charge is 0.381 e. The van der Waals surface area contributed by atoms with Gasteiger partial charge < -0.3 is 9.47 Å². The highest BCUT2D eigenvalue weighted by Crippen LogP contribution is 2.35. The summed E-state index contributed by atoms with van der Waals surface area (Å²) in [6.07, 6.45) is 2.07. The molecule has 32 heavy (non-hydrogen) atoms. The van der Waals surface area contributed by atoms with E-state index in [1.807, 2.05) is 48.5 Å². The fourth-order valence-electron chi connectivity index (χ4n) is 2.92. The van der Waals surface area contributed by atoms with E-state index in [1.54, 1.807) is 0 Å². The summed E-state index contributed by atoms with van der Waals surface area (Å²) >= 11 is 17.3. The van der Waals surface area contributed by atoms with Crippen molar-refractivity contribution in [1.29, 1.82) is 10.5 Å². The number of nitrogens with zero attached hydrogens (tertiary/aromatic N) is 2. The third-order valence-corrected chi connectivity index (χ3v) is 5.85. The summed E-state index contributed by atoms with van der Waals surface area (Å²) < 4.78 is 12.2. The fourth-order valence-corrected chi connectivity index (χ4v) is 3.98. The number of rotatable bonds is 6. The molecule has 0 spiro atoms. The molecule has 1 saturated heterocycles. The standard InChI is InChI=1S/C12H12BrNO.C8H6BrN.C4H8Cl2O/c13-11-3-1-2-10(8-11)12(9-14)4-6-15-7-5-12;9-8-3-1-2-7(6-8)4-5-10;5-1-3-7-4-2-6/h1-3,8H,4-7H2;1-3,6H,4H2;1-4H2.